The fraction of sp³-hybridized carbons (Fsp3) is 0.308. The average Bonchev–Trinajstić information content (AvgIpc) is 3.47. The van der Waals surface area contributed by atoms with Gasteiger partial charge in [-0.1, -0.05) is 102 Å². The number of nitrogens with zero attached hydrogens (tertiary/aromatic N) is 2. The number of benzene rings is 4. The number of rotatable bonds is 8. The average molecular weight is 778 g/mol. The molecule has 0 saturated heterocycles. The Balaban J connectivity index is 0.000000226. The molecule has 6 aromatic rings. The standard InChI is InChI=1S/C24H13N2O.C15H28O2.Ir/c1-3-9-17-15(6-1)8-5-11-19(17)21-24-22(26-14-25-21)20-13-12-16-7-2-4-10-18(16)23(20)27-24;1-7-14(5,8-2)12(16)11-13(17)15(6,9-3)10-4;/h1-10,12-14H;11,16H,7-10H2,1-6H3;/q-1;;/b;12-11-;. The van der Waals surface area contributed by atoms with Crippen molar-refractivity contribution >= 4 is 49.4 Å². The molecule has 0 unspecified atom stereocenters. The van der Waals surface area contributed by atoms with Crippen molar-refractivity contribution in [3.05, 3.63) is 97.0 Å². The van der Waals surface area contributed by atoms with Gasteiger partial charge in [0, 0.05) is 53.5 Å². The maximum Gasteiger partial charge on any atom is 0.164 e. The van der Waals surface area contributed by atoms with E-state index in [-0.39, 0.29) is 42.5 Å². The van der Waals surface area contributed by atoms with Crippen molar-refractivity contribution in [3.63, 3.8) is 0 Å². The van der Waals surface area contributed by atoms with E-state index < -0.39 is 0 Å². The molecular formula is C39H41IrN2O3-. The van der Waals surface area contributed by atoms with E-state index in [9.17, 15) is 9.90 Å². The fourth-order valence-electron chi connectivity index (χ4n) is 5.52. The van der Waals surface area contributed by atoms with Gasteiger partial charge in [0.25, 0.3) is 0 Å². The SMILES string of the molecule is CCC(C)(CC)C(=O)/C=C(\O)C(C)(CC)CC.[Ir].[c-]1ccc2ccccc2c1-c1ncnc2c1oc1c3ccccc3ccc21. The molecule has 0 bridgehead atoms. The summed E-state index contributed by atoms with van der Waals surface area (Å²) in [6.45, 7) is 12.1. The van der Waals surface area contributed by atoms with Gasteiger partial charge in [-0.25, -0.2) is 4.98 Å². The topological polar surface area (TPSA) is 76.2 Å². The molecule has 0 amide bonds. The molecule has 0 aliphatic carbocycles. The first-order chi connectivity index (χ1) is 21.2. The van der Waals surface area contributed by atoms with Crippen LogP contribution in [0.2, 0.25) is 0 Å². The zero-order valence-corrected chi connectivity index (χ0v) is 29.3. The van der Waals surface area contributed by atoms with Crippen LogP contribution < -0.4 is 0 Å². The Morgan fingerprint density at radius 3 is 2.02 bits per heavy atom. The van der Waals surface area contributed by atoms with Crippen molar-refractivity contribution < 1.29 is 34.4 Å². The third-order valence-corrected chi connectivity index (χ3v) is 9.70. The molecule has 0 saturated carbocycles. The first-order valence-electron chi connectivity index (χ1n) is 15.6. The summed E-state index contributed by atoms with van der Waals surface area (Å²) in [6, 6.07) is 28.0. The van der Waals surface area contributed by atoms with Crippen LogP contribution in [0.4, 0.5) is 0 Å². The van der Waals surface area contributed by atoms with Gasteiger partial charge in [0.05, 0.1) is 0 Å². The summed E-state index contributed by atoms with van der Waals surface area (Å²) in [5, 5.41) is 15.6. The molecule has 5 nitrogen and oxygen atoms in total. The van der Waals surface area contributed by atoms with Crippen LogP contribution in [-0.4, -0.2) is 20.9 Å². The first-order valence-corrected chi connectivity index (χ1v) is 15.6. The van der Waals surface area contributed by atoms with E-state index in [4.69, 9.17) is 4.42 Å². The molecule has 0 atom stereocenters. The molecule has 0 aliphatic heterocycles. The molecule has 45 heavy (non-hydrogen) atoms. The Hall–Kier alpha value is -3.86. The zero-order valence-electron chi connectivity index (χ0n) is 26.9. The second-order valence-electron chi connectivity index (χ2n) is 12.0. The van der Waals surface area contributed by atoms with E-state index in [2.05, 4.69) is 58.5 Å². The van der Waals surface area contributed by atoms with Crippen molar-refractivity contribution in [2.75, 3.05) is 0 Å². The molecular weight excluding hydrogens is 737 g/mol. The number of hydrogen-bond donors (Lipinski definition) is 1. The molecule has 1 radical (unpaired) electrons. The molecule has 4 aromatic carbocycles. The van der Waals surface area contributed by atoms with Gasteiger partial charge in [-0.2, -0.15) is 0 Å². The number of aliphatic hydroxyl groups is 1. The van der Waals surface area contributed by atoms with Gasteiger partial charge in [0.2, 0.25) is 0 Å². The van der Waals surface area contributed by atoms with Crippen LogP contribution in [0.3, 0.4) is 0 Å². The van der Waals surface area contributed by atoms with Crippen molar-refractivity contribution in [2.45, 2.75) is 67.2 Å². The summed E-state index contributed by atoms with van der Waals surface area (Å²) in [6.07, 6.45) is 6.36. The monoisotopic (exact) mass is 778 g/mol. The van der Waals surface area contributed by atoms with Crippen LogP contribution in [0.5, 0.6) is 0 Å². The predicted octanol–water partition coefficient (Wildman–Crippen LogP) is 10.8. The summed E-state index contributed by atoms with van der Waals surface area (Å²) in [5.74, 6) is 0.286. The van der Waals surface area contributed by atoms with Crippen LogP contribution in [0.15, 0.2) is 95.4 Å². The third-order valence-electron chi connectivity index (χ3n) is 9.70. The summed E-state index contributed by atoms with van der Waals surface area (Å²) in [5.41, 5.74) is 3.50. The summed E-state index contributed by atoms with van der Waals surface area (Å²) >= 11 is 0. The Morgan fingerprint density at radius 1 is 0.778 bits per heavy atom. The molecule has 0 spiro atoms. The summed E-state index contributed by atoms with van der Waals surface area (Å²) in [4.78, 5) is 21.3. The second-order valence-corrected chi connectivity index (χ2v) is 12.0. The molecule has 6 rings (SSSR count). The largest absolute Gasteiger partial charge is 0.512 e. The molecule has 6 heteroatoms. The Bertz CT molecular complexity index is 1980. The molecule has 2 heterocycles. The summed E-state index contributed by atoms with van der Waals surface area (Å²) in [7, 11) is 0. The minimum Gasteiger partial charge on any atom is -0.512 e. The van der Waals surface area contributed by atoms with Crippen molar-refractivity contribution in [1.82, 2.24) is 9.97 Å². The molecule has 1 N–H and O–H groups in total. The van der Waals surface area contributed by atoms with Crippen molar-refractivity contribution in [2.24, 2.45) is 10.8 Å². The maximum atomic E-state index is 12.2. The van der Waals surface area contributed by atoms with Crippen LogP contribution in [0.25, 0.3) is 54.9 Å². The van der Waals surface area contributed by atoms with Gasteiger partial charge in [-0.15, -0.1) is 29.1 Å². The van der Waals surface area contributed by atoms with Gasteiger partial charge in [0.1, 0.15) is 28.8 Å². The number of hydrogen-bond acceptors (Lipinski definition) is 5. The number of furan rings is 1. The van der Waals surface area contributed by atoms with E-state index in [1.807, 2.05) is 71.9 Å². The molecule has 2 aromatic heterocycles. The minimum atomic E-state index is -0.337. The van der Waals surface area contributed by atoms with E-state index in [1.165, 1.54) is 6.08 Å². The van der Waals surface area contributed by atoms with Gasteiger partial charge in [-0.05, 0) is 37.1 Å². The number of aromatic nitrogens is 2. The van der Waals surface area contributed by atoms with Crippen molar-refractivity contribution in [3.8, 4) is 11.3 Å². The predicted molar refractivity (Wildman–Crippen MR) is 182 cm³/mol. The number of fused-ring (bicyclic) bond motifs is 6. The Labute approximate surface area is 279 Å². The van der Waals surface area contributed by atoms with Gasteiger partial charge in [0.15, 0.2) is 5.78 Å². The third kappa shape index (κ3) is 6.45. The smallest absolute Gasteiger partial charge is 0.164 e. The van der Waals surface area contributed by atoms with Gasteiger partial charge < -0.3 is 9.52 Å². The number of ketones is 1. The fourth-order valence-corrected chi connectivity index (χ4v) is 5.52. The Morgan fingerprint density at radius 2 is 1.38 bits per heavy atom. The maximum absolute atomic E-state index is 12.2. The number of aliphatic hydroxyl groups excluding tert-OH is 1. The number of carbonyl (C=O) groups is 1. The van der Waals surface area contributed by atoms with Crippen LogP contribution in [-0.2, 0) is 24.9 Å². The van der Waals surface area contributed by atoms with E-state index >= 15 is 0 Å². The molecule has 0 fully saturated rings. The van der Waals surface area contributed by atoms with E-state index in [1.54, 1.807) is 6.33 Å². The summed E-state index contributed by atoms with van der Waals surface area (Å²) < 4.78 is 6.36. The van der Waals surface area contributed by atoms with Crippen LogP contribution >= 0.6 is 0 Å². The van der Waals surface area contributed by atoms with E-state index in [0.717, 1.165) is 75.0 Å². The molecule has 0 aliphatic rings. The minimum absolute atomic E-state index is 0. The van der Waals surface area contributed by atoms with E-state index in [0.29, 0.717) is 5.58 Å². The zero-order chi connectivity index (χ0) is 31.5. The second kappa shape index (κ2) is 14.1. The van der Waals surface area contributed by atoms with Crippen LogP contribution in [0, 0.1) is 16.9 Å². The quantitative estimate of drug-likeness (QED) is 0.0946. The van der Waals surface area contributed by atoms with Crippen molar-refractivity contribution in [1.29, 1.82) is 0 Å². The number of allylic oxidation sites excluding steroid dienone is 2. The normalized spacial score (nSPS) is 12.3. The number of carbonyl (C=O) groups excluding carboxylic acids is 1. The van der Waals surface area contributed by atoms with Crippen LogP contribution in [0.1, 0.15) is 67.2 Å². The Kier molecular flexibility index (Phi) is 10.6. The molecule has 235 valence electrons. The van der Waals surface area contributed by atoms with Gasteiger partial charge >= 0.3 is 0 Å². The first kappa shape index (κ1) is 34.0. The van der Waals surface area contributed by atoms with Gasteiger partial charge in [-0.3, -0.25) is 9.78 Å².